The molecule has 3 rings (SSSR count). The summed E-state index contributed by atoms with van der Waals surface area (Å²) in [4.78, 5) is 31.0. The molecule has 2 aliphatic rings. The molecule has 0 unspecified atom stereocenters. The molecule has 1 aromatic heterocycles. The monoisotopic (exact) mass is 324 g/mol. The number of hydrogen-bond donors (Lipinski definition) is 2. The van der Waals surface area contributed by atoms with Gasteiger partial charge in [-0.25, -0.2) is 4.98 Å². The number of anilines is 1. The number of nitrogens with zero attached hydrogens (tertiary/aromatic N) is 2. The second-order valence-electron chi connectivity index (χ2n) is 5.58. The quantitative estimate of drug-likeness (QED) is 0.805. The second kappa shape index (κ2) is 6.62. The van der Waals surface area contributed by atoms with Gasteiger partial charge in [-0.05, 0) is 19.8 Å². The number of aryl methyl sites for hydroxylation is 1. The number of aromatic nitrogens is 1. The van der Waals surface area contributed by atoms with Crippen molar-refractivity contribution in [1.82, 2.24) is 15.8 Å². The molecule has 0 radical (unpaired) electrons. The van der Waals surface area contributed by atoms with Gasteiger partial charge in [0.25, 0.3) is 5.91 Å². The normalized spacial score (nSPS) is 18.7. The minimum Gasteiger partial charge on any atom is -0.378 e. The SMILES string of the molecule is Cc1nc(N2CCOCC2)sc1C(=O)NNC(=O)C1CCC1. The van der Waals surface area contributed by atoms with Gasteiger partial charge in [-0.3, -0.25) is 20.4 Å². The van der Waals surface area contributed by atoms with Gasteiger partial charge in [0.2, 0.25) is 5.91 Å². The fraction of sp³-hybridized carbons (Fsp3) is 0.643. The number of hydrazine groups is 1. The lowest BCUT2D eigenvalue weighted by Crippen LogP contribution is -2.45. The van der Waals surface area contributed by atoms with E-state index in [2.05, 4.69) is 20.7 Å². The highest BCUT2D eigenvalue weighted by atomic mass is 32.1. The Morgan fingerprint density at radius 3 is 2.64 bits per heavy atom. The Bertz CT molecular complexity index is 564. The van der Waals surface area contributed by atoms with Crippen LogP contribution in [0.5, 0.6) is 0 Å². The molecule has 1 aliphatic heterocycles. The summed E-state index contributed by atoms with van der Waals surface area (Å²) < 4.78 is 5.32. The van der Waals surface area contributed by atoms with E-state index in [0.29, 0.717) is 23.8 Å². The molecule has 1 saturated carbocycles. The van der Waals surface area contributed by atoms with Gasteiger partial charge in [-0.1, -0.05) is 17.8 Å². The van der Waals surface area contributed by atoms with Crippen molar-refractivity contribution in [2.45, 2.75) is 26.2 Å². The lowest BCUT2D eigenvalue weighted by atomic mass is 9.85. The highest BCUT2D eigenvalue weighted by Crippen LogP contribution is 2.27. The third kappa shape index (κ3) is 3.22. The Labute approximate surface area is 133 Å². The summed E-state index contributed by atoms with van der Waals surface area (Å²) in [6, 6.07) is 0. The maximum absolute atomic E-state index is 12.2. The van der Waals surface area contributed by atoms with Crippen LogP contribution < -0.4 is 15.8 Å². The summed E-state index contributed by atoms with van der Waals surface area (Å²) in [7, 11) is 0. The number of hydrogen-bond acceptors (Lipinski definition) is 6. The van der Waals surface area contributed by atoms with Crippen LogP contribution in [-0.2, 0) is 9.53 Å². The zero-order valence-corrected chi connectivity index (χ0v) is 13.4. The predicted molar refractivity (Wildman–Crippen MR) is 82.8 cm³/mol. The summed E-state index contributed by atoms with van der Waals surface area (Å²) in [6.07, 6.45) is 2.90. The molecule has 0 aromatic carbocycles. The average Bonchev–Trinajstić information content (AvgIpc) is 2.86. The number of rotatable bonds is 3. The van der Waals surface area contributed by atoms with Crippen LogP contribution in [-0.4, -0.2) is 43.1 Å². The molecule has 1 aromatic rings. The molecule has 1 saturated heterocycles. The first kappa shape index (κ1) is 15.2. The first-order valence-electron chi connectivity index (χ1n) is 7.55. The molecule has 0 bridgehead atoms. The van der Waals surface area contributed by atoms with Crippen LogP contribution in [0.4, 0.5) is 5.13 Å². The molecule has 0 atom stereocenters. The van der Waals surface area contributed by atoms with Crippen molar-refractivity contribution in [3.8, 4) is 0 Å². The van der Waals surface area contributed by atoms with E-state index in [1.807, 2.05) is 6.92 Å². The van der Waals surface area contributed by atoms with Crippen LogP contribution in [0.25, 0.3) is 0 Å². The van der Waals surface area contributed by atoms with Crippen molar-refractivity contribution >= 4 is 28.3 Å². The number of thiazole rings is 1. The van der Waals surface area contributed by atoms with Gasteiger partial charge in [0.05, 0.1) is 18.9 Å². The fourth-order valence-corrected chi connectivity index (χ4v) is 3.44. The lowest BCUT2D eigenvalue weighted by molar-refractivity contribution is -0.128. The molecule has 0 spiro atoms. The summed E-state index contributed by atoms with van der Waals surface area (Å²) in [5.41, 5.74) is 5.68. The smallest absolute Gasteiger partial charge is 0.281 e. The van der Waals surface area contributed by atoms with Crippen molar-refractivity contribution in [2.24, 2.45) is 5.92 Å². The van der Waals surface area contributed by atoms with Gasteiger partial charge >= 0.3 is 0 Å². The number of carbonyl (C=O) groups is 2. The number of morpholine rings is 1. The van der Waals surface area contributed by atoms with Crippen molar-refractivity contribution in [2.75, 3.05) is 31.2 Å². The van der Waals surface area contributed by atoms with Crippen LogP contribution in [0, 0.1) is 12.8 Å². The van der Waals surface area contributed by atoms with Gasteiger partial charge in [-0.15, -0.1) is 0 Å². The number of nitrogens with one attached hydrogen (secondary N) is 2. The molecule has 7 nitrogen and oxygen atoms in total. The van der Waals surface area contributed by atoms with Crippen LogP contribution in [0.1, 0.15) is 34.6 Å². The summed E-state index contributed by atoms with van der Waals surface area (Å²) in [5, 5.41) is 0.830. The van der Waals surface area contributed by atoms with Gasteiger partial charge in [0, 0.05) is 19.0 Å². The minimum absolute atomic E-state index is 0.0479. The average molecular weight is 324 g/mol. The van der Waals surface area contributed by atoms with Gasteiger partial charge in [0.15, 0.2) is 5.13 Å². The third-order valence-electron chi connectivity index (χ3n) is 4.05. The standard InChI is InChI=1S/C14H20N4O3S/c1-9-11(13(20)17-16-12(19)10-3-2-4-10)22-14(15-9)18-5-7-21-8-6-18/h10H,2-8H2,1H3,(H,16,19)(H,17,20). The van der Waals surface area contributed by atoms with Gasteiger partial charge < -0.3 is 9.64 Å². The van der Waals surface area contributed by atoms with Crippen LogP contribution in [0.2, 0.25) is 0 Å². The van der Waals surface area contributed by atoms with E-state index in [1.165, 1.54) is 11.3 Å². The summed E-state index contributed by atoms with van der Waals surface area (Å²) in [5.74, 6) is -0.357. The molecular formula is C14H20N4O3S. The molecule has 2 amide bonds. The van der Waals surface area contributed by atoms with E-state index in [4.69, 9.17) is 4.74 Å². The zero-order chi connectivity index (χ0) is 15.5. The number of amides is 2. The fourth-order valence-electron chi connectivity index (χ4n) is 2.43. The number of ether oxygens (including phenoxy) is 1. The zero-order valence-electron chi connectivity index (χ0n) is 12.6. The molecule has 22 heavy (non-hydrogen) atoms. The van der Waals surface area contributed by atoms with E-state index in [1.54, 1.807) is 0 Å². The molecule has 1 aliphatic carbocycles. The Kier molecular flexibility index (Phi) is 4.58. The maximum atomic E-state index is 12.2. The summed E-state index contributed by atoms with van der Waals surface area (Å²) >= 11 is 1.35. The first-order chi connectivity index (χ1) is 10.6. The van der Waals surface area contributed by atoms with E-state index in [-0.39, 0.29) is 17.7 Å². The molecule has 2 fully saturated rings. The van der Waals surface area contributed by atoms with Crippen LogP contribution in [0.15, 0.2) is 0 Å². The van der Waals surface area contributed by atoms with E-state index in [0.717, 1.165) is 37.5 Å². The van der Waals surface area contributed by atoms with E-state index in [9.17, 15) is 9.59 Å². The largest absolute Gasteiger partial charge is 0.378 e. The van der Waals surface area contributed by atoms with Crippen molar-refractivity contribution in [3.05, 3.63) is 10.6 Å². The Morgan fingerprint density at radius 2 is 2.00 bits per heavy atom. The Hall–Kier alpha value is -1.67. The van der Waals surface area contributed by atoms with E-state index >= 15 is 0 Å². The van der Waals surface area contributed by atoms with Gasteiger partial charge in [0.1, 0.15) is 4.88 Å². The van der Waals surface area contributed by atoms with Gasteiger partial charge in [-0.2, -0.15) is 0 Å². The van der Waals surface area contributed by atoms with Crippen LogP contribution in [0.3, 0.4) is 0 Å². The van der Waals surface area contributed by atoms with Crippen molar-refractivity contribution < 1.29 is 14.3 Å². The maximum Gasteiger partial charge on any atom is 0.281 e. The summed E-state index contributed by atoms with van der Waals surface area (Å²) in [6.45, 7) is 4.73. The van der Waals surface area contributed by atoms with Crippen LogP contribution >= 0.6 is 11.3 Å². The van der Waals surface area contributed by atoms with Crippen molar-refractivity contribution in [1.29, 1.82) is 0 Å². The minimum atomic E-state index is -0.304. The molecular weight excluding hydrogens is 304 g/mol. The molecule has 120 valence electrons. The highest BCUT2D eigenvalue weighted by molar-refractivity contribution is 7.17. The topological polar surface area (TPSA) is 83.6 Å². The highest BCUT2D eigenvalue weighted by Gasteiger charge is 2.26. The molecule has 2 heterocycles. The Morgan fingerprint density at radius 1 is 1.27 bits per heavy atom. The second-order valence-corrected chi connectivity index (χ2v) is 6.56. The van der Waals surface area contributed by atoms with Crippen molar-refractivity contribution in [3.63, 3.8) is 0 Å². The third-order valence-corrected chi connectivity index (χ3v) is 5.27. The predicted octanol–water partition coefficient (Wildman–Crippen LogP) is 0.849. The first-order valence-corrected chi connectivity index (χ1v) is 8.37. The molecule has 2 N–H and O–H groups in total. The van der Waals surface area contributed by atoms with E-state index < -0.39 is 0 Å². The lowest BCUT2D eigenvalue weighted by Gasteiger charge is -2.26. The molecule has 8 heteroatoms. The Balaban J connectivity index is 1.59. The number of carbonyl (C=O) groups excluding carboxylic acids is 2.